The van der Waals surface area contributed by atoms with E-state index in [-0.39, 0.29) is 11.9 Å². The molecule has 8 heteroatoms. The summed E-state index contributed by atoms with van der Waals surface area (Å²) >= 11 is 0. The summed E-state index contributed by atoms with van der Waals surface area (Å²) in [6.07, 6.45) is 2.59. The zero-order chi connectivity index (χ0) is 20.8. The van der Waals surface area contributed by atoms with E-state index in [1.807, 2.05) is 11.8 Å². The third-order valence-corrected chi connectivity index (χ3v) is 5.83. The molecule has 29 heavy (non-hydrogen) atoms. The van der Waals surface area contributed by atoms with Gasteiger partial charge in [0.2, 0.25) is 5.91 Å². The number of guanidine groups is 1. The highest BCUT2D eigenvalue weighted by Gasteiger charge is 2.30. The minimum Gasteiger partial charge on any atom is -0.356 e. The molecular weight excluding hydrogens is 376 g/mol. The lowest BCUT2D eigenvalue weighted by molar-refractivity contribution is -0.135. The Labute approximate surface area is 171 Å². The Hall–Kier alpha value is -2.22. The van der Waals surface area contributed by atoms with Crippen LogP contribution >= 0.6 is 0 Å². The van der Waals surface area contributed by atoms with Gasteiger partial charge in [-0.2, -0.15) is 0 Å². The molecule has 0 saturated carbocycles. The van der Waals surface area contributed by atoms with Crippen molar-refractivity contribution in [1.82, 2.24) is 20.0 Å². The standard InChI is InChI=1S/C21H31F2N5O/c1-16(20(29)27-9-3-4-10-27)26-11-13-28(14-12-26)21(24-2)25-8-7-17-15-18(22)5-6-19(17)23/h5-6,15-16H,3-4,7-14H2,1-2H3,(H,24,25). The highest BCUT2D eigenvalue weighted by Crippen LogP contribution is 2.14. The predicted octanol–water partition coefficient (Wildman–Crippen LogP) is 1.71. The molecule has 1 amide bonds. The minimum atomic E-state index is -0.431. The Morgan fingerprint density at radius 1 is 1.10 bits per heavy atom. The molecule has 2 aliphatic heterocycles. The van der Waals surface area contributed by atoms with E-state index in [9.17, 15) is 13.6 Å². The summed E-state index contributed by atoms with van der Waals surface area (Å²) in [5.41, 5.74) is 0.354. The van der Waals surface area contributed by atoms with E-state index in [1.165, 1.54) is 6.07 Å². The van der Waals surface area contributed by atoms with Crippen molar-refractivity contribution in [3.63, 3.8) is 0 Å². The zero-order valence-corrected chi connectivity index (χ0v) is 17.3. The normalized spacial score (nSPS) is 19.5. The van der Waals surface area contributed by atoms with E-state index in [4.69, 9.17) is 0 Å². The number of halogens is 2. The summed E-state index contributed by atoms with van der Waals surface area (Å²) in [7, 11) is 1.72. The van der Waals surface area contributed by atoms with Crippen molar-refractivity contribution in [3.8, 4) is 0 Å². The summed E-state index contributed by atoms with van der Waals surface area (Å²) in [6, 6.07) is 3.42. The second kappa shape index (κ2) is 10.0. The molecule has 1 atom stereocenters. The van der Waals surface area contributed by atoms with Crippen LogP contribution in [0.25, 0.3) is 0 Å². The van der Waals surface area contributed by atoms with Crippen molar-refractivity contribution in [2.75, 3.05) is 52.9 Å². The molecule has 1 aromatic carbocycles. The van der Waals surface area contributed by atoms with E-state index < -0.39 is 11.6 Å². The van der Waals surface area contributed by atoms with E-state index >= 15 is 0 Å². The molecule has 6 nitrogen and oxygen atoms in total. The van der Waals surface area contributed by atoms with Gasteiger partial charge in [0, 0.05) is 52.9 Å². The van der Waals surface area contributed by atoms with E-state index in [0.717, 1.165) is 70.2 Å². The molecule has 2 heterocycles. The molecule has 2 fully saturated rings. The first-order valence-corrected chi connectivity index (χ1v) is 10.4. The summed E-state index contributed by atoms with van der Waals surface area (Å²) in [5.74, 6) is 0.156. The molecule has 2 aliphatic rings. The lowest BCUT2D eigenvalue weighted by Crippen LogP contribution is -2.57. The van der Waals surface area contributed by atoms with Gasteiger partial charge in [0.25, 0.3) is 0 Å². The van der Waals surface area contributed by atoms with Gasteiger partial charge in [-0.1, -0.05) is 0 Å². The van der Waals surface area contributed by atoms with Gasteiger partial charge in [0.05, 0.1) is 6.04 Å². The van der Waals surface area contributed by atoms with Crippen LogP contribution in [-0.2, 0) is 11.2 Å². The Kier molecular flexibility index (Phi) is 7.41. The van der Waals surface area contributed by atoms with Gasteiger partial charge in [0.1, 0.15) is 11.6 Å². The minimum absolute atomic E-state index is 0.0961. The van der Waals surface area contributed by atoms with Crippen molar-refractivity contribution in [2.24, 2.45) is 4.99 Å². The summed E-state index contributed by atoms with van der Waals surface area (Å²) in [4.78, 5) is 23.3. The number of carbonyl (C=O) groups excluding carboxylic acids is 1. The van der Waals surface area contributed by atoms with Crippen LogP contribution in [0.5, 0.6) is 0 Å². The number of nitrogens with one attached hydrogen (secondary N) is 1. The first-order valence-electron chi connectivity index (χ1n) is 10.4. The number of hydrogen-bond donors (Lipinski definition) is 1. The summed E-state index contributed by atoms with van der Waals surface area (Å²) in [6.45, 7) is 7.35. The zero-order valence-electron chi connectivity index (χ0n) is 17.3. The quantitative estimate of drug-likeness (QED) is 0.597. The molecule has 2 saturated heterocycles. The largest absolute Gasteiger partial charge is 0.356 e. The van der Waals surface area contributed by atoms with Crippen LogP contribution in [0.3, 0.4) is 0 Å². The van der Waals surface area contributed by atoms with Gasteiger partial charge in [-0.25, -0.2) is 8.78 Å². The molecule has 0 aromatic heterocycles. The average Bonchev–Trinajstić information content (AvgIpc) is 3.27. The second-order valence-corrected chi connectivity index (χ2v) is 7.69. The first-order chi connectivity index (χ1) is 14.0. The van der Waals surface area contributed by atoms with Crippen molar-refractivity contribution in [3.05, 3.63) is 35.4 Å². The fourth-order valence-electron chi connectivity index (χ4n) is 4.06. The molecular formula is C21H31F2N5O. The van der Waals surface area contributed by atoms with Gasteiger partial charge < -0.3 is 15.1 Å². The van der Waals surface area contributed by atoms with Gasteiger partial charge >= 0.3 is 0 Å². The number of aliphatic imine (C=N–C) groups is 1. The van der Waals surface area contributed by atoms with Gasteiger partial charge in [0.15, 0.2) is 5.96 Å². The molecule has 0 radical (unpaired) electrons. The number of rotatable bonds is 5. The maximum absolute atomic E-state index is 13.8. The Morgan fingerprint density at radius 2 is 1.79 bits per heavy atom. The van der Waals surface area contributed by atoms with Crippen LogP contribution in [0.1, 0.15) is 25.3 Å². The topological polar surface area (TPSA) is 51.2 Å². The number of nitrogens with zero attached hydrogens (tertiary/aromatic N) is 4. The average molecular weight is 408 g/mol. The Morgan fingerprint density at radius 3 is 2.45 bits per heavy atom. The number of piperazine rings is 1. The van der Waals surface area contributed by atoms with Crippen LogP contribution in [0.2, 0.25) is 0 Å². The van der Waals surface area contributed by atoms with Crippen LogP contribution < -0.4 is 5.32 Å². The Bertz CT molecular complexity index is 728. The molecule has 1 unspecified atom stereocenters. The van der Waals surface area contributed by atoms with Gasteiger partial charge in [-0.05, 0) is 49.9 Å². The highest BCUT2D eigenvalue weighted by atomic mass is 19.1. The molecule has 0 spiro atoms. The van der Waals surface area contributed by atoms with Crippen molar-refractivity contribution >= 4 is 11.9 Å². The van der Waals surface area contributed by atoms with Gasteiger partial charge in [-0.3, -0.25) is 14.7 Å². The van der Waals surface area contributed by atoms with Crippen LogP contribution in [-0.4, -0.2) is 85.5 Å². The van der Waals surface area contributed by atoms with Crippen LogP contribution in [0, 0.1) is 11.6 Å². The van der Waals surface area contributed by atoms with Gasteiger partial charge in [-0.15, -0.1) is 0 Å². The van der Waals surface area contributed by atoms with E-state index in [2.05, 4.69) is 20.1 Å². The number of benzene rings is 1. The maximum Gasteiger partial charge on any atom is 0.239 e. The highest BCUT2D eigenvalue weighted by molar-refractivity contribution is 5.82. The molecule has 3 rings (SSSR count). The monoisotopic (exact) mass is 407 g/mol. The first kappa shape index (κ1) is 21.5. The Balaban J connectivity index is 1.46. The fraction of sp³-hybridized carbons (Fsp3) is 0.619. The second-order valence-electron chi connectivity index (χ2n) is 7.69. The molecule has 160 valence electrons. The smallest absolute Gasteiger partial charge is 0.239 e. The molecule has 1 aromatic rings. The molecule has 0 bridgehead atoms. The molecule has 0 aliphatic carbocycles. The number of hydrogen-bond acceptors (Lipinski definition) is 3. The van der Waals surface area contributed by atoms with Crippen LogP contribution in [0.4, 0.5) is 8.78 Å². The van der Waals surface area contributed by atoms with Crippen molar-refractivity contribution < 1.29 is 13.6 Å². The lowest BCUT2D eigenvalue weighted by Gasteiger charge is -2.39. The van der Waals surface area contributed by atoms with E-state index in [0.29, 0.717) is 18.5 Å². The summed E-state index contributed by atoms with van der Waals surface area (Å²) in [5, 5.41) is 3.24. The number of carbonyl (C=O) groups is 1. The predicted molar refractivity (Wildman–Crippen MR) is 110 cm³/mol. The van der Waals surface area contributed by atoms with Crippen LogP contribution in [0.15, 0.2) is 23.2 Å². The lowest BCUT2D eigenvalue weighted by atomic mass is 10.1. The van der Waals surface area contributed by atoms with E-state index in [1.54, 1.807) is 7.05 Å². The number of amides is 1. The third-order valence-electron chi connectivity index (χ3n) is 5.83. The van der Waals surface area contributed by atoms with Crippen molar-refractivity contribution in [1.29, 1.82) is 0 Å². The number of likely N-dealkylation sites (tertiary alicyclic amines) is 1. The maximum atomic E-state index is 13.8. The SMILES string of the molecule is CN=C(NCCc1cc(F)ccc1F)N1CCN(C(C)C(=O)N2CCCC2)CC1. The molecule has 1 N–H and O–H groups in total. The summed E-state index contributed by atoms with van der Waals surface area (Å²) < 4.78 is 27.1. The van der Waals surface area contributed by atoms with Crippen molar-refractivity contribution in [2.45, 2.75) is 32.2 Å². The fourth-order valence-corrected chi connectivity index (χ4v) is 4.06. The third kappa shape index (κ3) is 5.44.